The summed E-state index contributed by atoms with van der Waals surface area (Å²) in [6, 6.07) is 0. The fourth-order valence-electron chi connectivity index (χ4n) is 2.11. The van der Waals surface area contributed by atoms with Gasteiger partial charge in [0.05, 0.1) is 0 Å². The van der Waals surface area contributed by atoms with E-state index >= 15 is 0 Å². The van der Waals surface area contributed by atoms with Crippen LogP contribution in [0.15, 0.2) is 23.1 Å². The second-order valence-electron chi connectivity index (χ2n) is 5.81. The maximum Gasteiger partial charge on any atom is 0.0357 e. The van der Waals surface area contributed by atoms with Crippen molar-refractivity contribution >= 4 is 11.8 Å². The van der Waals surface area contributed by atoms with Gasteiger partial charge in [-0.05, 0) is 32.1 Å². The highest BCUT2D eigenvalue weighted by Crippen LogP contribution is 2.37. The number of rotatable bonds is 8. The van der Waals surface area contributed by atoms with Crippen molar-refractivity contribution in [1.29, 1.82) is 0 Å². The SMILES string of the molecule is CC#CC(C)/C=C\C(=C/C)SCC(C)C(C)(CC)CC. The van der Waals surface area contributed by atoms with Gasteiger partial charge < -0.3 is 0 Å². The van der Waals surface area contributed by atoms with E-state index in [2.05, 4.69) is 71.6 Å². The van der Waals surface area contributed by atoms with Gasteiger partial charge in [0.1, 0.15) is 0 Å². The molecule has 0 nitrogen and oxygen atoms in total. The third-order valence-corrected chi connectivity index (χ3v) is 5.88. The number of hydrogen-bond donors (Lipinski definition) is 0. The summed E-state index contributed by atoms with van der Waals surface area (Å²) < 4.78 is 0. The molecular formula is C19H32S. The second kappa shape index (κ2) is 10.2. The highest BCUT2D eigenvalue weighted by molar-refractivity contribution is 8.03. The van der Waals surface area contributed by atoms with E-state index in [-0.39, 0.29) is 0 Å². The lowest BCUT2D eigenvalue weighted by molar-refractivity contribution is 0.204. The standard InChI is InChI=1S/C19H32S/c1-8-12-16(5)13-14-18(9-2)20-15-17(6)19(7,10-3)11-4/h9,13-14,16-17H,10-11,15H2,1-7H3/b14-13-,18-9+. The zero-order valence-corrected chi connectivity index (χ0v) is 15.2. The Hall–Kier alpha value is -0.610. The highest BCUT2D eigenvalue weighted by atomic mass is 32.2. The van der Waals surface area contributed by atoms with E-state index in [1.165, 1.54) is 23.5 Å². The molecule has 0 aromatic rings. The molecule has 0 bridgehead atoms. The molecule has 1 heteroatoms. The van der Waals surface area contributed by atoms with Gasteiger partial charge in [0.25, 0.3) is 0 Å². The van der Waals surface area contributed by atoms with E-state index < -0.39 is 0 Å². The molecule has 0 aliphatic rings. The summed E-state index contributed by atoms with van der Waals surface area (Å²) in [6.45, 7) is 15.6. The maximum absolute atomic E-state index is 3.16. The Labute approximate surface area is 131 Å². The van der Waals surface area contributed by atoms with E-state index in [1.807, 2.05) is 18.7 Å². The molecule has 0 heterocycles. The average Bonchev–Trinajstić information content (AvgIpc) is 2.46. The molecule has 0 amide bonds. The topological polar surface area (TPSA) is 0 Å². The minimum absolute atomic E-state index is 0.338. The lowest BCUT2D eigenvalue weighted by atomic mass is 9.75. The molecule has 0 aromatic carbocycles. The Morgan fingerprint density at radius 1 is 1.25 bits per heavy atom. The van der Waals surface area contributed by atoms with E-state index in [0.717, 1.165) is 5.92 Å². The van der Waals surface area contributed by atoms with Crippen LogP contribution in [0.1, 0.15) is 61.3 Å². The van der Waals surface area contributed by atoms with E-state index in [0.29, 0.717) is 11.3 Å². The third kappa shape index (κ3) is 6.71. The molecule has 0 aromatic heterocycles. The summed E-state index contributed by atoms with van der Waals surface area (Å²) in [4.78, 5) is 1.36. The predicted molar refractivity (Wildman–Crippen MR) is 95.8 cm³/mol. The zero-order chi connectivity index (χ0) is 15.6. The fraction of sp³-hybridized carbons (Fsp3) is 0.684. The minimum atomic E-state index is 0.338. The summed E-state index contributed by atoms with van der Waals surface area (Å²) >= 11 is 1.97. The Bertz CT molecular complexity index is 374. The molecule has 0 spiro atoms. The van der Waals surface area contributed by atoms with Crippen LogP contribution in [0.2, 0.25) is 0 Å². The van der Waals surface area contributed by atoms with Gasteiger partial charge in [0.15, 0.2) is 0 Å². The van der Waals surface area contributed by atoms with Crippen LogP contribution < -0.4 is 0 Å². The largest absolute Gasteiger partial charge is 0.126 e. The molecule has 2 atom stereocenters. The highest BCUT2D eigenvalue weighted by Gasteiger charge is 2.27. The number of allylic oxidation sites excluding steroid dienone is 3. The van der Waals surface area contributed by atoms with Gasteiger partial charge in [-0.3, -0.25) is 0 Å². The van der Waals surface area contributed by atoms with Crippen molar-refractivity contribution in [3.8, 4) is 11.8 Å². The molecular weight excluding hydrogens is 260 g/mol. The van der Waals surface area contributed by atoms with Gasteiger partial charge >= 0.3 is 0 Å². The van der Waals surface area contributed by atoms with Crippen LogP contribution in [0, 0.1) is 29.1 Å². The molecule has 2 unspecified atom stereocenters. The fourth-order valence-corrected chi connectivity index (χ4v) is 3.30. The van der Waals surface area contributed by atoms with Gasteiger partial charge in [-0.2, -0.15) is 0 Å². The van der Waals surface area contributed by atoms with Crippen LogP contribution in [-0.2, 0) is 0 Å². The molecule has 0 aliphatic heterocycles. The quantitative estimate of drug-likeness (QED) is 0.373. The van der Waals surface area contributed by atoms with Crippen molar-refractivity contribution in [2.45, 2.75) is 61.3 Å². The van der Waals surface area contributed by atoms with Crippen molar-refractivity contribution in [2.75, 3.05) is 5.75 Å². The van der Waals surface area contributed by atoms with Gasteiger partial charge in [-0.25, -0.2) is 0 Å². The lowest BCUT2D eigenvalue weighted by Crippen LogP contribution is -2.25. The first-order chi connectivity index (χ1) is 9.43. The summed E-state index contributed by atoms with van der Waals surface area (Å²) in [7, 11) is 0. The second-order valence-corrected chi connectivity index (χ2v) is 6.90. The van der Waals surface area contributed by atoms with Gasteiger partial charge in [0, 0.05) is 16.6 Å². The van der Waals surface area contributed by atoms with Crippen molar-refractivity contribution in [3.63, 3.8) is 0 Å². The molecule has 0 radical (unpaired) electrons. The molecule has 0 N–H and O–H groups in total. The smallest absolute Gasteiger partial charge is 0.0357 e. The monoisotopic (exact) mass is 292 g/mol. The first-order valence-corrected chi connectivity index (χ1v) is 8.81. The molecule has 0 saturated heterocycles. The summed E-state index contributed by atoms with van der Waals surface area (Å²) in [5.74, 6) is 8.39. The maximum atomic E-state index is 3.16. The first kappa shape index (κ1) is 19.4. The Morgan fingerprint density at radius 2 is 1.85 bits per heavy atom. The molecule has 0 aliphatic carbocycles. The van der Waals surface area contributed by atoms with Gasteiger partial charge in [-0.15, -0.1) is 17.7 Å². The minimum Gasteiger partial charge on any atom is -0.126 e. The molecule has 20 heavy (non-hydrogen) atoms. The third-order valence-electron chi connectivity index (χ3n) is 4.51. The molecule has 0 rings (SSSR count). The summed E-state index contributed by atoms with van der Waals surface area (Å²) in [6.07, 6.45) is 9.14. The Balaban J connectivity index is 4.50. The summed E-state index contributed by atoms with van der Waals surface area (Å²) in [5, 5.41) is 0. The van der Waals surface area contributed by atoms with Crippen molar-refractivity contribution in [2.24, 2.45) is 17.3 Å². The molecule has 0 saturated carbocycles. The van der Waals surface area contributed by atoms with Crippen LogP contribution in [0.5, 0.6) is 0 Å². The Kier molecular flexibility index (Phi) is 9.86. The zero-order valence-electron chi connectivity index (χ0n) is 14.4. The molecule has 0 fully saturated rings. The van der Waals surface area contributed by atoms with Crippen LogP contribution in [0.25, 0.3) is 0 Å². The van der Waals surface area contributed by atoms with E-state index in [9.17, 15) is 0 Å². The normalized spacial score (nSPS) is 15.8. The summed E-state index contributed by atoms with van der Waals surface area (Å²) in [5.41, 5.74) is 0.469. The van der Waals surface area contributed by atoms with Crippen molar-refractivity contribution in [1.82, 2.24) is 0 Å². The predicted octanol–water partition coefficient (Wildman–Crippen LogP) is 6.30. The lowest BCUT2D eigenvalue weighted by Gasteiger charge is -2.33. The average molecular weight is 293 g/mol. The Morgan fingerprint density at radius 3 is 2.30 bits per heavy atom. The van der Waals surface area contributed by atoms with Crippen molar-refractivity contribution < 1.29 is 0 Å². The van der Waals surface area contributed by atoms with Crippen LogP contribution in [0.4, 0.5) is 0 Å². The van der Waals surface area contributed by atoms with Crippen LogP contribution in [0.3, 0.4) is 0 Å². The van der Waals surface area contributed by atoms with E-state index in [1.54, 1.807) is 0 Å². The van der Waals surface area contributed by atoms with Gasteiger partial charge in [-0.1, -0.05) is 64.7 Å². The van der Waals surface area contributed by atoms with E-state index in [4.69, 9.17) is 0 Å². The number of hydrogen-bond acceptors (Lipinski definition) is 1. The number of thioether (sulfide) groups is 1. The molecule has 114 valence electrons. The van der Waals surface area contributed by atoms with Crippen LogP contribution >= 0.6 is 11.8 Å². The van der Waals surface area contributed by atoms with Crippen molar-refractivity contribution in [3.05, 3.63) is 23.1 Å². The van der Waals surface area contributed by atoms with Gasteiger partial charge in [0.2, 0.25) is 0 Å². The van der Waals surface area contributed by atoms with Crippen LogP contribution in [-0.4, -0.2) is 5.75 Å². The first-order valence-electron chi connectivity index (χ1n) is 7.83.